The summed E-state index contributed by atoms with van der Waals surface area (Å²) in [6.45, 7) is 0.150. The molecular weight excluding hydrogens is 346 g/mol. The molecule has 0 unspecified atom stereocenters. The van der Waals surface area contributed by atoms with Gasteiger partial charge in [0.25, 0.3) is 5.91 Å². The maximum Gasteiger partial charge on any atom is 0.259 e. The first kappa shape index (κ1) is 16.0. The van der Waals surface area contributed by atoms with Crippen molar-refractivity contribution in [2.45, 2.75) is 0 Å². The minimum Gasteiger partial charge on any atom is -0.496 e. The van der Waals surface area contributed by atoms with Crippen molar-refractivity contribution in [2.24, 2.45) is 5.10 Å². The van der Waals surface area contributed by atoms with Crippen molar-refractivity contribution in [3.05, 3.63) is 58.6 Å². The van der Waals surface area contributed by atoms with E-state index in [4.69, 9.17) is 4.74 Å². The Bertz CT molecular complexity index is 660. The van der Waals surface area contributed by atoms with E-state index in [2.05, 4.69) is 31.8 Å². The molecule has 0 fully saturated rings. The number of halogens is 1. The third-order valence-corrected chi connectivity index (χ3v) is 3.30. The summed E-state index contributed by atoms with van der Waals surface area (Å²) in [5, 5.41) is 6.94. The molecule has 0 bridgehead atoms. The van der Waals surface area contributed by atoms with E-state index < -0.39 is 0 Å². The molecule has 0 aliphatic carbocycles. The molecule has 2 aromatic carbocycles. The standard InChI is InChI=1S/C16H16BrN3O2/c1-22-15-8-7-13(17)9-12(15)10-19-20-16(21)11-18-14-5-3-2-4-6-14/h2-10,18H,11H2,1H3,(H,20,21). The second-order valence-electron chi connectivity index (χ2n) is 4.40. The van der Waals surface area contributed by atoms with Gasteiger partial charge in [0, 0.05) is 15.7 Å². The maximum absolute atomic E-state index is 11.7. The van der Waals surface area contributed by atoms with Crippen LogP contribution in [-0.2, 0) is 4.79 Å². The van der Waals surface area contributed by atoms with Crippen molar-refractivity contribution in [3.8, 4) is 5.75 Å². The van der Waals surface area contributed by atoms with E-state index in [1.807, 2.05) is 48.5 Å². The Labute approximate surface area is 137 Å². The highest BCUT2D eigenvalue weighted by molar-refractivity contribution is 9.10. The Morgan fingerprint density at radius 1 is 1.27 bits per heavy atom. The molecule has 0 radical (unpaired) electrons. The molecule has 22 heavy (non-hydrogen) atoms. The summed E-state index contributed by atoms with van der Waals surface area (Å²) in [5.41, 5.74) is 4.13. The molecule has 0 heterocycles. The maximum atomic E-state index is 11.7. The second kappa shape index (κ2) is 8.19. The Kier molecular flexibility index (Phi) is 5.97. The molecular formula is C16H16BrN3O2. The van der Waals surface area contributed by atoms with Gasteiger partial charge in [-0.1, -0.05) is 34.1 Å². The molecule has 0 aliphatic rings. The largest absolute Gasteiger partial charge is 0.496 e. The number of hydrogen-bond donors (Lipinski definition) is 2. The Balaban J connectivity index is 1.87. The third-order valence-electron chi connectivity index (χ3n) is 2.81. The van der Waals surface area contributed by atoms with Crippen molar-refractivity contribution < 1.29 is 9.53 Å². The number of nitrogens with zero attached hydrogens (tertiary/aromatic N) is 1. The minimum atomic E-state index is -0.228. The molecule has 0 aromatic heterocycles. The lowest BCUT2D eigenvalue weighted by atomic mass is 10.2. The Morgan fingerprint density at radius 3 is 2.77 bits per heavy atom. The number of benzene rings is 2. The third kappa shape index (κ3) is 4.89. The molecule has 0 atom stereocenters. The molecule has 114 valence electrons. The Morgan fingerprint density at radius 2 is 2.05 bits per heavy atom. The zero-order chi connectivity index (χ0) is 15.8. The lowest BCUT2D eigenvalue weighted by Crippen LogP contribution is -2.25. The summed E-state index contributed by atoms with van der Waals surface area (Å²) in [4.78, 5) is 11.7. The van der Waals surface area contributed by atoms with E-state index >= 15 is 0 Å². The average Bonchev–Trinajstić information content (AvgIpc) is 2.54. The summed E-state index contributed by atoms with van der Waals surface area (Å²) in [6.07, 6.45) is 1.55. The van der Waals surface area contributed by atoms with Crippen LogP contribution in [0.25, 0.3) is 0 Å². The quantitative estimate of drug-likeness (QED) is 0.613. The molecule has 0 saturated carbocycles. The number of methoxy groups -OCH3 is 1. The topological polar surface area (TPSA) is 62.7 Å². The fraction of sp³-hybridized carbons (Fsp3) is 0.125. The SMILES string of the molecule is COc1ccc(Br)cc1C=NNC(=O)CNc1ccccc1. The number of ether oxygens (including phenoxy) is 1. The zero-order valence-electron chi connectivity index (χ0n) is 12.0. The van der Waals surface area contributed by atoms with Gasteiger partial charge in [-0.25, -0.2) is 5.43 Å². The van der Waals surface area contributed by atoms with Crippen LogP contribution in [0.4, 0.5) is 5.69 Å². The molecule has 0 spiro atoms. The summed E-state index contributed by atoms with van der Waals surface area (Å²) in [6, 6.07) is 15.1. The highest BCUT2D eigenvalue weighted by Crippen LogP contribution is 2.21. The normalized spacial score (nSPS) is 10.5. The highest BCUT2D eigenvalue weighted by atomic mass is 79.9. The van der Waals surface area contributed by atoms with Crippen LogP contribution in [-0.4, -0.2) is 25.8 Å². The number of para-hydroxylation sites is 1. The summed E-state index contributed by atoms with van der Waals surface area (Å²) in [7, 11) is 1.59. The van der Waals surface area contributed by atoms with Crippen molar-refractivity contribution in [3.63, 3.8) is 0 Å². The zero-order valence-corrected chi connectivity index (χ0v) is 13.6. The number of amides is 1. The van der Waals surface area contributed by atoms with E-state index in [1.54, 1.807) is 13.3 Å². The molecule has 2 N–H and O–H groups in total. The first-order valence-corrected chi connectivity index (χ1v) is 7.42. The van der Waals surface area contributed by atoms with Gasteiger partial charge in [0.05, 0.1) is 19.9 Å². The predicted octanol–water partition coefficient (Wildman–Crippen LogP) is 3.02. The van der Waals surface area contributed by atoms with Gasteiger partial charge in [0.2, 0.25) is 0 Å². The van der Waals surface area contributed by atoms with E-state index in [0.29, 0.717) is 5.75 Å². The van der Waals surface area contributed by atoms with Gasteiger partial charge in [0.1, 0.15) is 5.75 Å². The number of rotatable bonds is 6. The minimum absolute atomic E-state index is 0.150. The summed E-state index contributed by atoms with van der Waals surface area (Å²) >= 11 is 3.38. The number of anilines is 1. The first-order valence-electron chi connectivity index (χ1n) is 6.63. The molecule has 2 rings (SSSR count). The second-order valence-corrected chi connectivity index (χ2v) is 5.31. The first-order chi connectivity index (χ1) is 10.7. The van der Waals surface area contributed by atoms with Gasteiger partial charge in [-0.3, -0.25) is 4.79 Å². The van der Waals surface area contributed by atoms with E-state index in [0.717, 1.165) is 15.7 Å². The lowest BCUT2D eigenvalue weighted by molar-refractivity contribution is -0.119. The predicted molar refractivity (Wildman–Crippen MR) is 91.4 cm³/mol. The van der Waals surface area contributed by atoms with Gasteiger partial charge >= 0.3 is 0 Å². The lowest BCUT2D eigenvalue weighted by Gasteiger charge is -2.06. The van der Waals surface area contributed by atoms with Gasteiger partial charge in [-0.15, -0.1) is 0 Å². The van der Waals surface area contributed by atoms with Crippen molar-refractivity contribution in [1.82, 2.24) is 5.43 Å². The highest BCUT2D eigenvalue weighted by Gasteiger charge is 2.02. The van der Waals surface area contributed by atoms with Crippen molar-refractivity contribution >= 4 is 33.7 Å². The van der Waals surface area contributed by atoms with Gasteiger partial charge in [-0.05, 0) is 30.3 Å². The molecule has 1 amide bonds. The molecule has 0 aliphatic heterocycles. The van der Waals surface area contributed by atoms with E-state index in [-0.39, 0.29) is 12.5 Å². The number of carbonyl (C=O) groups excluding carboxylic acids is 1. The van der Waals surface area contributed by atoms with Crippen molar-refractivity contribution in [1.29, 1.82) is 0 Å². The van der Waals surface area contributed by atoms with Gasteiger partial charge < -0.3 is 10.1 Å². The molecule has 5 nitrogen and oxygen atoms in total. The van der Waals surface area contributed by atoms with Crippen LogP contribution < -0.4 is 15.5 Å². The van der Waals surface area contributed by atoms with Crippen LogP contribution in [0, 0.1) is 0 Å². The van der Waals surface area contributed by atoms with E-state index in [9.17, 15) is 4.79 Å². The summed E-state index contributed by atoms with van der Waals surface area (Å²) < 4.78 is 6.14. The number of carbonyl (C=O) groups is 1. The van der Waals surface area contributed by atoms with Crippen LogP contribution in [0.5, 0.6) is 5.75 Å². The average molecular weight is 362 g/mol. The van der Waals surface area contributed by atoms with E-state index in [1.165, 1.54) is 0 Å². The Hall–Kier alpha value is -2.34. The smallest absolute Gasteiger partial charge is 0.259 e. The molecule has 0 saturated heterocycles. The van der Waals surface area contributed by atoms with Crippen molar-refractivity contribution in [2.75, 3.05) is 19.0 Å². The van der Waals surface area contributed by atoms with Gasteiger partial charge in [0.15, 0.2) is 0 Å². The van der Waals surface area contributed by atoms with Crippen LogP contribution >= 0.6 is 15.9 Å². The van der Waals surface area contributed by atoms with Crippen LogP contribution in [0.3, 0.4) is 0 Å². The number of hydrazone groups is 1. The van der Waals surface area contributed by atoms with Gasteiger partial charge in [-0.2, -0.15) is 5.10 Å². The molecule has 6 heteroatoms. The fourth-order valence-corrected chi connectivity index (χ4v) is 2.14. The summed E-state index contributed by atoms with van der Waals surface area (Å²) in [5.74, 6) is 0.456. The van der Waals surface area contributed by atoms with Crippen LogP contribution in [0.2, 0.25) is 0 Å². The fourth-order valence-electron chi connectivity index (χ4n) is 1.76. The molecule has 2 aromatic rings. The monoisotopic (exact) mass is 361 g/mol. The number of hydrogen-bond acceptors (Lipinski definition) is 4. The number of nitrogens with one attached hydrogen (secondary N) is 2. The van der Waals surface area contributed by atoms with Crippen LogP contribution in [0.1, 0.15) is 5.56 Å². The van der Waals surface area contributed by atoms with Crippen LogP contribution in [0.15, 0.2) is 58.1 Å².